The lowest BCUT2D eigenvalue weighted by Gasteiger charge is -2.35. The molecule has 0 bridgehead atoms. The maximum atomic E-state index is 14.3. The third-order valence-electron chi connectivity index (χ3n) is 4.09. The smallest absolute Gasteiger partial charge is 0.272 e. The van der Waals surface area contributed by atoms with Crippen molar-refractivity contribution in [2.45, 2.75) is 39.7 Å². The fourth-order valence-corrected chi connectivity index (χ4v) is 2.53. The van der Waals surface area contributed by atoms with Crippen molar-refractivity contribution in [2.75, 3.05) is 7.11 Å². The average molecular weight is 372 g/mol. The van der Waals surface area contributed by atoms with E-state index < -0.39 is 23.2 Å². The van der Waals surface area contributed by atoms with Crippen LogP contribution in [-0.2, 0) is 6.42 Å². The molecular weight excluding hydrogens is 347 g/mol. The summed E-state index contributed by atoms with van der Waals surface area (Å²) in [5, 5.41) is 1.21. The standard InChI is InChI=1S/C21H25FN2O3/c1-6-14-10-11-17(18(22)12-14)19(25)23-24(21(2,3)4)20(26)15-8-7-9-16(13-15)27-5/h7-13H,6H2,1-5H3,(H,23,25). The van der Waals surface area contributed by atoms with Crippen LogP contribution in [0.3, 0.4) is 0 Å². The number of methoxy groups -OCH3 is 1. The predicted octanol–water partition coefficient (Wildman–Crippen LogP) is 3.98. The minimum Gasteiger partial charge on any atom is -0.497 e. The highest BCUT2D eigenvalue weighted by atomic mass is 19.1. The molecule has 6 heteroatoms. The molecule has 0 aliphatic rings. The molecule has 0 fully saturated rings. The zero-order valence-electron chi connectivity index (χ0n) is 16.3. The van der Waals surface area contributed by atoms with Crippen molar-refractivity contribution in [2.24, 2.45) is 0 Å². The first-order valence-electron chi connectivity index (χ1n) is 8.75. The molecule has 2 aromatic rings. The van der Waals surface area contributed by atoms with Crippen molar-refractivity contribution in [3.8, 4) is 5.75 Å². The molecule has 27 heavy (non-hydrogen) atoms. The summed E-state index contributed by atoms with van der Waals surface area (Å²) < 4.78 is 19.4. The number of benzene rings is 2. The molecular formula is C21H25FN2O3. The fourth-order valence-electron chi connectivity index (χ4n) is 2.53. The van der Waals surface area contributed by atoms with Gasteiger partial charge in [-0.3, -0.25) is 15.0 Å². The molecule has 2 aromatic carbocycles. The van der Waals surface area contributed by atoms with Crippen molar-refractivity contribution in [3.05, 3.63) is 65.0 Å². The van der Waals surface area contributed by atoms with Crippen LogP contribution < -0.4 is 10.2 Å². The average Bonchev–Trinajstić information content (AvgIpc) is 2.64. The van der Waals surface area contributed by atoms with Gasteiger partial charge in [0.1, 0.15) is 11.6 Å². The van der Waals surface area contributed by atoms with Crippen molar-refractivity contribution in [1.82, 2.24) is 10.4 Å². The molecule has 1 N–H and O–H groups in total. The summed E-state index contributed by atoms with van der Waals surface area (Å²) in [5.41, 5.74) is 2.86. The fraction of sp³-hybridized carbons (Fsp3) is 0.333. The summed E-state index contributed by atoms with van der Waals surface area (Å²) in [5.74, 6) is -1.18. The van der Waals surface area contributed by atoms with Gasteiger partial charge < -0.3 is 4.74 Å². The van der Waals surface area contributed by atoms with Crippen LogP contribution in [0.25, 0.3) is 0 Å². The predicted molar refractivity (Wildman–Crippen MR) is 102 cm³/mol. The van der Waals surface area contributed by atoms with E-state index in [-0.39, 0.29) is 5.56 Å². The zero-order valence-corrected chi connectivity index (χ0v) is 16.3. The van der Waals surface area contributed by atoms with E-state index in [0.29, 0.717) is 17.7 Å². The van der Waals surface area contributed by atoms with Gasteiger partial charge in [-0.25, -0.2) is 9.40 Å². The molecule has 144 valence electrons. The molecule has 2 rings (SSSR count). The number of halogens is 1. The van der Waals surface area contributed by atoms with Gasteiger partial charge in [0.15, 0.2) is 0 Å². The number of aryl methyl sites for hydroxylation is 1. The Bertz CT molecular complexity index is 844. The first kappa shape index (κ1) is 20.4. The van der Waals surface area contributed by atoms with Gasteiger partial charge in [0.2, 0.25) is 0 Å². The number of nitrogens with one attached hydrogen (secondary N) is 1. The van der Waals surface area contributed by atoms with E-state index in [1.165, 1.54) is 24.3 Å². The number of hydrogen-bond acceptors (Lipinski definition) is 3. The van der Waals surface area contributed by atoms with Crippen LogP contribution in [0.5, 0.6) is 5.75 Å². The topological polar surface area (TPSA) is 58.6 Å². The molecule has 2 amide bonds. The second-order valence-corrected chi connectivity index (χ2v) is 7.15. The quantitative estimate of drug-likeness (QED) is 0.826. The second kappa shape index (κ2) is 8.20. The summed E-state index contributed by atoms with van der Waals surface area (Å²) in [4.78, 5) is 25.6. The minimum atomic E-state index is -0.727. The van der Waals surface area contributed by atoms with E-state index in [9.17, 15) is 14.0 Å². The summed E-state index contributed by atoms with van der Waals surface area (Å²) in [6, 6.07) is 11.1. The van der Waals surface area contributed by atoms with Gasteiger partial charge in [0, 0.05) is 5.56 Å². The van der Waals surface area contributed by atoms with Crippen molar-refractivity contribution >= 4 is 11.8 Å². The second-order valence-electron chi connectivity index (χ2n) is 7.15. The molecule has 0 saturated heterocycles. The summed E-state index contributed by atoms with van der Waals surface area (Å²) >= 11 is 0. The summed E-state index contributed by atoms with van der Waals surface area (Å²) in [6.07, 6.45) is 0.668. The number of carbonyl (C=O) groups excluding carboxylic acids is 2. The normalized spacial score (nSPS) is 11.0. The Balaban J connectivity index is 2.32. The lowest BCUT2D eigenvalue weighted by molar-refractivity contribution is 0.0356. The number of amides is 2. The third-order valence-corrected chi connectivity index (χ3v) is 4.09. The Labute approximate surface area is 159 Å². The van der Waals surface area contributed by atoms with Crippen LogP contribution in [0.15, 0.2) is 42.5 Å². The number of nitrogens with zero attached hydrogens (tertiary/aromatic N) is 1. The molecule has 0 atom stereocenters. The number of rotatable bonds is 4. The number of hydrazine groups is 1. The zero-order chi connectivity index (χ0) is 20.2. The maximum absolute atomic E-state index is 14.3. The van der Waals surface area contributed by atoms with Crippen molar-refractivity contribution in [3.63, 3.8) is 0 Å². The van der Waals surface area contributed by atoms with E-state index in [2.05, 4.69) is 5.43 Å². The lowest BCUT2D eigenvalue weighted by Crippen LogP contribution is -2.56. The number of hydrogen-bond donors (Lipinski definition) is 1. The monoisotopic (exact) mass is 372 g/mol. The SMILES string of the molecule is CCc1ccc(C(=O)NN(C(=O)c2cccc(OC)c2)C(C)(C)C)c(F)c1. The lowest BCUT2D eigenvalue weighted by atomic mass is 10.1. The van der Waals surface area contributed by atoms with Gasteiger partial charge in [-0.2, -0.15) is 0 Å². The van der Waals surface area contributed by atoms with E-state index in [4.69, 9.17) is 4.74 Å². The molecule has 0 saturated carbocycles. The van der Waals surface area contributed by atoms with Gasteiger partial charge in [-0.05, 0) is 63.1 Å². The Hall–Kier alpha value is -2.89. The molecule has 5 nitrogen and oxygen atoms in total. The van der Waals surface area contributed by atoms with Crippen LogP contribution >= 0.6 is 0 Å². The van der Waals surface area contributed by atoms with Crippen molar-refractivity contribution in [1.29, 1.82) is 0 Å². The van der Waals surface area contributed by atoms with E-state index in [1.807, 2.05) is 6.92 Å². The van der Waals surface area contributed by atoms with Crippen LogP contribution in [-0.4, -0.2) is 29.5 Å². The maximum Gasteiger partial charge on any atom is 0.272 e. The Kier molecular flexibility index (Phi) is 6.20. The van der Waals surface area contributed by atoms with Gasteiger partial charge in [0.25, 0.3) is 11.8 Å². The third kappa shape index (κ3) is 4.84. The van der Waals surface area contributed by atoms with Crippen LogP contribution in [0.1, 0.15) is 54.0 Å². The molecule has 0 spiro atoms. The number of ether oxygens (including phenoxy) is 1. The Morgan fingerprint density at radius 2 is 1.85 bits per heavy atom. The molecule has 0 aliphatic carbocycles. The number of carbonyl (C=O) groups is 2. The van der Waals surface area contributed by atoms with Crippen LogP contribution in [0.2, 0.25) is 0 Å². The summed E-state index contributed by atoms with van der Waals surface area (Å²) in [7, 11) is 1.51. The molecule has 0 unspecified atom stereocenters. The first-order chi connectivity index (χ1) is 12.7. The highest BCUT2D eigenvalue weighted by Crippen LogP contribution is 2.20. The first-order valence-corrected chi connectivity index (χ1v) is 8.75. The summed E-state index contributed by atoms with van der Waals surface area (Å²) in [6.45, 7) is 7.24. The van der Waals surface area contributed by atoms with E-state index in [1.54, 1.807) is 51.1 Å². The molecule has 0 aliphatic heterocycles. The Morgan fingerprint density at radius 3 is 2.41 bits per heavy atom. The molecule has 0 aromatic heterocycles. The van der Waals surface area contributed by atoms with Gasteiger partial charge in [-0.1, -0.05) is 19.1 Å². The Morgan fingerprint density at radius 1 is 1.15 bits per heavy atom. The van der Waals surface area contributed by atoms with Crippen molar-refractivity contribution < 1.29 is 18.7 Å². The van der Waals surface area contributed by atoms with Gasteiger partial charge in [0.05, 0.1) is 18.2 Å². The molecule has 0 heterocycles. The van der Waals surface area contributed by atoms with Gasteiger partial charge >= 0.3 is 0 Å². The highest BCUT2D eigenvalue weighted by Gasteiger charge is 2.30. The van der Waals surface area contributed by atoms with E-state index >= 15 is 0 Å². The van der Waals surface area contributed by atoms with Gasteiger partial charge in [-0.15, -0.1) is 0 Å². The van der Waals surface area contributed by atoms with E-state index in [0.717, 1.165) is 5.56 Å². The highest BCUT2D eigenvalue weighted by molar-refractivity contribution is 5.99. The van der Waals surface area contributed by atoms with Crippen LogP contribution in [0.4, 0.5) is 4.39 Å². The minimum absolute atomic E-state index is 0.111. The van der Waals surface area contributed by atoms with Crippen LogP contribution in [0, 0.1) is 5.82 Å². The largest absolute Gasteiger partial charge is 0.497 e. The molecule has 0 radical (unpaired) electrons.